The highest BCUT2D eigenvalue weighted by atomic mass is 32.2. The lowest BCUT2D eigenvalue weighted by molar-refractivity contribution is -0.115. The van der Waals surface area contributed by atoms with E-state index >= 15 is 0 Å². The van der Waals surface area contributed by atoms with Crippen molar-refractivity contribution < 1.29 is 9.53 Å². The zero-order valence-corrected chi connectivity index (χ0v) is 17.5. The molecule has 5 nitrogen and oxygen atoms in total. The number of carbonyl (C=O) groups is 1. The van der Waals surface area contributed by atoms with Crippen LogP contribution in [0.1, 0.15) is 12.5 Å². The Morgan fingerprint density at radius 1 is 1.14 bits per heavy atom. The van der Waals surface area contributed by atoms with E-state index in [0.29, 0.717) is 0 Å². The van der Waals surface area contributed by atoms with Crippen LogP contribution < -0.4 is 10.2 Å². The number of para-hydroxylation sites is 1. The van der Waals surface area contributed by atoms with Gasteiger partial charge in [0.15, 0.2) is 0 Å². The molecule has 1 unspecified atom stereocenters. The molecular weight excluding hydrogens is 382 g/mol. The molecule has 0 radical (unpaired) electrons. The normalized spacial score (nSPS) is 15.3. The lowest BCUT2D eigenvalue weighted by Crippen LogP contribution is -2.36. The number of thioether (sulfide) groups is 1. The Labute approximate surface area is 175 Å². The van der Waals surface area contributed by atoms with Crippen molar-refractivity contribution >= 4 is 39.9 Å². The summed E-state index contributed by atoms with van der Waals surface area (Å²) in [4.78, 5) is 19.7. The number of pyridine rings is 1. The molecule has 2 heterocycles. The predicted molar refractivity (Wildman–Crippen MR) is 120 cm³/mol. The van der Waals surface area contributed by atoms with Crippen molar-refractivity contribution in [1.82, 2.24) is 4.98 Å². The summed E-state index contributed by atoms with van der Waals surface area (Å²) in [7, 11) is 0. The molecule has 0 saturated carbocycles. The third kappa shape index (κ3) is 4.71. The Morgan fingerprint density at radius 2 is 1.86 bits per heavy atom. The Hall–Kier alpha value is -2.57. The molecule has 0 spiro atoms. The second-order valence-electron chi connectivity index (χ2n) is 7.19. The molecule has 1 N–H and O–H groups in total. The van der Waals surface area contributed by atoms with E-state index in [4.69, 9.17) is 9.72 Å². The van der Waals surface area contributed by atoms with Crippen LogP contribution >= 0.6 is 11.8 Å². The van der Waals surface area contributed by atoms with Gasteiger partial charge in [-0.1, -0.05) is 30.0 Å². The van der Waals surface area contributed by atoms with Crippen molar-refractivity contribution in [2.24, 2.45) is 0 Å². The molecular formula is C23H25N3O2S. The van der Waals surface area contributed by atoms with Crippen LogP contribution in [0.2, 0.25) is 0 Å². The lowest BCUT2D eigenvalue weighted by atomic mass is 10.1. The fraction of sp³-hybridized carbons (Fsp3) is 0.304. The molecule has 1 aliphatic rings. The van der Waals surface area contributed by atoms with E-state index in [2.05, 4.69) is 23.2 Å². The number of amides is 1. The fourth-order valence-corrected chi connectivity index (χ4v) is 4.36. The number of carbonyl (C=O) groups excluding carboxylic acids is 1. The van der Waals surface area contributed by atoms with Crippen molar-refractivity contribution in [2.45, 2.75) is 24.1 Å². The first-order chi connectivity index (χ1) is 14.1. The number of fused-ring (bicyclic) bond motifs is 1. The third-order valence-corrected chi connectivity index (χ3v) is 6.10. The summed E-state index contributed by atoms with van der Waals surface area (Å²) in [6.45, 7) is 7.31. The van der Waals surface area contributed by atoms with Gasteiger partial charge < -0.3 is 15.0 Å². The van der Waals surface area contributed by atoms with Gasteiger partial charge in [0.1, 0.15) is 0 Å². The number of rotatable bonds is 5. The number of nitrogens with zero attached hydrogens (tertiary/aromatic N) is 2. The molecule has 1 fully saturated rings. The molecule has 3 aromatic rings. The number of hydrogen-bond acceptors (Lipinski definition) is 5. The summed E-state index contributed by atoms with van der Waals surface area (Å²) in [6.07, 6.45) is 0. The standard InChI is InChI=1S/C23H25N3O2S/c1-16-15-22(25-21-6-4-3-5-20(16)21)29-17(2)23(27)24-18-7-9-19(10-8-18)26-11-13-28-14-12-26/h3-10,15,17H,11-14H2,1-2H3,(H,24,27). The number of hydrogen-bond donors (Lipinski definition) is 1. The number of ether oxygens (including phenoxy) is 1. The Kier molecular flexibility index (Phi) is 6.02. The van der Waals surface area contributed by atoms with Gasteiger partial charge in [-0.2, -0.15) is 0 Å². The second-order valence-corrected chi connectivity index (χ2v) is 8.55. The Bertz CT molecular complexity index is 1000. The summed E-state index contributed by atoms with van der Waals surface area (Å²) in [6, 6.07) is 18.1. The van der Waals surface area contributed by atoms with Crippen LogP contribution in [-0.2, 0) is 9.53 Å². The Balaban J connectivity index is 1.39. The first-order valence-corrected chi connectivity index (χ1v) is 10.7. The van der Waals surface area contributed by atoms with Gasteiger partial charge in [0.25, 0.3) is 0 Å². The lowest BCUT2D eigenvalue weighted by Gasteiger charge is -2.28. The number of morpholine rings is 1. The van der Waals surface area contributed by atoms with Gasteiger partial charge in [0, 0.05) is 29.9 Å². The minimum atomic E-state index is -0.248. The van der Waals surface area contributed by atoms with Gasteiger partial charge in [-0.25, -0.2) is 4.98 Å². The zero-order valence-electron chi connectivity index (χ0n) is 16.7. The van der Waals surface area contributed by atoms with E-state index in [9.17, 15) is 4.79 Å². The van der Waals surface area contributed by atoms with E-state index in [-0.39, 0.29) is 11.2 Å². The second kappa shape index (κ2) is 8.84. The monoisotopic (exact) mass is 407 g/mol. The van der Waals surface area contributed by atoms with Gasteiger partial charge in [-0.15, -0.1) is 0 Å². The highest BCUT2D eigenvalue weighted by Crippen LogP contribution is 2.27. The molecule has 1 aliphatic heterocycles. The molecule has 0 aliphatic carbocycles. The van der Waals surface area contributed by atoms with Crippen LogP contribution in [0.4, 0.5) is 11.4 Å². The number of nitrogens with one attached hydrogen (secondary N) is 1. The van der Waals surface area contributed by atoms with Crippen molar-refractivity contribution in [3.05, 3.63) is 60.2 Å². The molecule has 29 heavy (non-hydrogen) atoms. The number of aryl methyl sites for hydroxylation is 1. The van der Waals surface area contributed by atoms with E-state index in [1.54, 1.807) is 0 Å². The number of anilines is 2. The molecule has 1 aromatic heterocycles. The van der Waals surface area contributed by atoms with Crippen molar-refractivity contribution in [3.8, 4) is 0 Å². The highest BCUT2D eigenvalue weighted by molar-refractivity contribution is 8.00. The van der Waals surface area contributed by atoms with Crippen LogP contribution in [0, 0.1) is 6.92 Å². The highest BCUT2D eigenvalue weighted by Gasteiger charge is 2.17. The summed E-state index contributed by atoms with van der Waals surface area (Å²) in [5, 5.41) is 4.78. The first kappa shape index (κ1) is 19.7. The van der Waals surface area contributed by atoms with E-state index in [0.717, 1.165) is 53.6 Å². The van der Waals surface area contributed by atoms with Gasteiger partial charge in [0.2, 0.25) is 5.91 Å². The molecule has 6 heteroatoms. The Morgan fingerprint density at radius 3 is 2.62 bits per heavy atom. The average Bonchev–Trinajstić information content (AvgIpc) is 2.75. The molecule has 4 rings (SSSR count). The van der Waals surface area contributed by atoms with E-state index in [1.165, 1.54) is 17.3 Å². The molecule has 1 saturated heterocycles. The zero-order chi connectivity index (χ0) is 20.2. The maximum Gasteiger partial charge on any atom is 0.237 e. The van der Waals surface area contributed by atoms with E-state index < -0.39 is 0 Å². The molecule has 150 valence electrons. The van der Waals surface area contributed by atoms with Gasteiger partial charge in [-0.05, 0) is 55.8 Å². The molecule has 1 atom stereocenters. The molecule has 0 bridgehead atoms. The smallest absolute Gasteiger partial charge is 0.237 e. The number of benzene rings is 2. The molecule has 2 aromatic carbocycles. The van der Waals surface area contributed by atoms with Crippen LogP contribution in [0.25, 0.3) is 10.9 Å². The van der Waals surface area contributed by atoms with Crippen LogP contribution in [0.3, 0.4) is 0 Å². The van der Waals surface area contributed by atoms with Crippen molar-refractivity contribution in [2.75, 3.05) is 36.5 Å². The fourth-order valence-electron chi connectivity index (χ4n) is 3.43. The van der Waals surface area contributed by atoms with Crippen LogP contribution in [-0.4, -0.2) is 42.4 Å². The summed E-state index contributed by atoms with van der Waals surface area (Å²) >= 11 is 1.48. The maximum atomic E-state index is 12.7. The predicted octanol–water partition coefficient (Wildman–Crippen LogP) is 4.50. The summed E-state index contributed by atoms with van der Waals surface area (Å²) in [5.41, 5.74) is 4.09. The topological polar surface area (TPSA) is 54.5 Å². The van der Waals surface area contributed by atoms with Crippen molar-refractivity contribution in [3.63, 3.8) is 0 Å². The maximum absolute atomic E-state index is 12.7. The van der Waals surface area contributed by atoms with Gasteiger partial charge >= 0.3 is 0 Å². The third-order valence-electron chi connectivity index (χ3n) is 5.08. The van der Waals surface area contributed by atoms with Gasteiger partial charge in [0.05, 0.1) is 29.0 Å². The average molecular weight is 408 g/mol. The van der Waals surface area contributed by atoms with Crippen LogP contribution in [0.15, 0.2) is 59.6 Å². The largest absolute Gasteiger partial charge is 0.378 e. The van der Waals surface area contributed by atoms with Gasteiger partial charge in [-0.3, -0.25) is 4.79 Å². The van der Waals surface area contributed by atoms with E-state index in [1.807, 2.05) is 55.5 Å². The number of aromatic nitrogens is 1. The summed E-state index contributed by atoms with van der Waals surface area (Å²) < 4.78 is 5.40. The van der Waals surface area contributed by atoms with Crippen molar-refractivity contribution in [1.29, 1.82) is 0 Å². The summed E-state index contributed by atoms with van der Waals surface area (Å²) in [5.74, 6) is -0.0262. The molecule has 1 amide bonds. The van der Waals surface area contributed by atoms with Crippen LogP contribution in [0.5, 0.6) is 0 Å². The SMILES string of the molecule is Cc1cc(SC(C)C(=O)Nc2ccc(N3CCOCC3)cc2)nc2ccccc12. The minimum absolute atomic E-state index is 0.0262. The first-order valence-electron chi connectivity index (χ1n) is 9.87. The minimum Gasteiger partial charge on any atom is -0.378 e. The quantitative estimate of drug-likeness (QED) is 0.631.